The topological polar surface area (TPSA) is 79.4 Å². The Bertz CT molecular complexity index is 933. The highest BCUT2D eigenvalue weighted by atomic mass is 32.2. The lowest BCUT2D eigenvalue weighted by molar-refractivity contribution is -0.116. The maximum absolute atomic E-state index is 12.5. The molecule has 1 aliphatic heterocycles. The van der Waals surface area contributed by atoms with Crippen LogP contribution in [0.1, 0.15) is 36.8 Å². The van der Waals surface area contributed by atoms with Crippen molar-refractivity contribution in [1.29, 1.82) is 0 Å². The van der Waals surface area contributed by atoms with Crippen LogP contribution >= 0.6 is 11.8 Å². The van der Waals surface area contributed by atoms with Crippen LogP contribution in [0, 0.1) is 13.8 Å². The minimum atomic E-state index is -3.42. The molecule has 0 radical (unpaired) electrons. The Kier molecular flexibility index (Phi) is 7.32. The van der Waals surface area contributed by atoms with E-state index in [1.165, 1.54) is 22.3 Å². The number of pyridine rings is 1. The largest absolute Gasteiger partial charge is 0.326 e. The van der Waals surface area contributed by atoms with Crippen molar-refractivity contribution in [2.24, 2.45) is 0 Å². The number of para-hydroxylation sites is 1. The lowest BCUT2D eigenvalue weighted by Crippen LogP contribution is -2.27. The fourth-order valence-corrected chi connectivity index (χ4v) is 5.56. The molecule has 0 spiro atoms. The number of aromatic nitrogens is 1. The van der Waals surface area contributed by atoms with E-state index in [0.29, 0.717) is 19.5 Å². The zero-order valence-corrected chi connectivity index (χ0v) is 18.5. The lowest BCUT2D eigenvalue weighted by Gasteiger charge is -2.15. The number of nitrogens with one attached hydrogen (secondary N) is 1. The first-order chi connectivity index (χ1) is 13.9. The number of hydrogen-bond donors (Lipinski definition) is 1. The number of carbonyl (C=O) groups excluding carboxylic acids is 1. The van der Waals surface area contributed by atoms with Gasteiger partial charge in [0.05, 0.1) is 5.03 Å². The molecule has 1 saturated heterocycles. The normalized spacial score (nSPS) is 14.8. The summed E-state index contributed by atoms with van der Waals surface area (Å²) < 4.78 is 26.5. The number of aryl methyl sites for hydroxylation is 2. The van der Waals surface area contributed by atoms with Gasteiger partial charge < -0.3 is 5.32 Å². The number of amides is 1. The zero-order valence-electron chi connectivity index (χ0n) is 16.8. The van der Waals surface area contributed by atoms with Gasteiger partial charge in [-0.2, -0.15) is 4.31 Å². The van der Waals surface area contributed by atoms with Gasteiger partial charge in [-0.25, -0.2) is 13.4 Å². The summed E-state index contributed by atoms with van der Waals surface area (Å²) in [4.78, 5) is 16.7. The third kappa shape index (κ3) is 5.58. The first kappa shape index (κ1) is 21.8. The standard InChI is InChI=1S/C21H27N3O3S2/c1-16-7-5-8-17(2)21(16)23-19(25)9-6-14-28-20-11-10-18(15-22-20)29(26,27)24-12-3-4-13-24/h5,7-8,10-11,15H,3-4,6,9,12-14H2,1-2H3,(H,23,25). The third-order valence-electron chi connectivity index (χ3n) is 4.96. The van der Waals surface area contributed by atoms with Gasteiger partial charge in [-0.1, -0.05) is 18.2 Å². The number of anilines is 1. The Morgan fingerprint density at radius 1 is 1.14 bits per heavy atom. The van der Waals surface area contributed by atoms with Crippen LogP contribution in [0.2, 0.25) is 0 Å². The summed E-state index contributed by atoms with van der Waals surface area (Å²) >= 11 is 1.53. The summed E-state index contributed by atoms with van der Waals surface area (Å²) in [5, 5.41) is 3.76. The van der Waals surface area contributed by atoms with Gasteiger partial charge >= 0.3 is 0 Å². The second kappa shape index (κ2) is 9.73. The highest BCUT2D eigenvalue weighted by Crippen LogP contribution is 2.23. The van der Waals surface area contributed by atoms with E-state index in [4.69, 9.17) is 0 Å². The summed E-state index contributed by atoms with van der Waals surface area (Å²) in [6.07, 6.45) is 4.41. The average molecular weight is 434 g/mol. The van der Waals surface area contributed by atoms with Crippen molar-refractivity contribution in [2.75, 3.05) is 24.2 Å². The van der Waals surface area contributed by atoms with Gasteiger partial charge in [0.15, 0.2) is 0 Å². The van der Waals surface area contributed by atoms with Gasteiger partial charge in [0, 0.05) is 31.4 Å². The van der Waals surface area contributed by atoms with Crippen molar-refractivity contribution in [3.63, 3.8) is 0 Å². The van der Waals surface area contributed by atoms with E-state index in [-0.39, 0.29) is 10.8 Å². The lowest BCUT2D eigenvalue weighted by atomic mass is 10.1. The van der Waals surface area contributed by atoms with Crippen LogP contribution < -0.4 is 5.32 Å². The highest BCUT2D eigenvalue weighted by Gasteiger charge is 2.27. The van der Waals surface area contributed by atoms with Crippen molar-refractivity contribution in [1.82, 2.24) is 9.29 Å². The molecule has 1 aliphatic rings. The van der Waals surface area contributed by atoms with Crippen LogP contribution in [0.3, 0.4) is 0 Å². The number of hydrogen-bond acceptors (Lipinski definition) is 5. The van der Waals surface area contributed by atoms with Gasteiger partial charge in [-0.15, -0.1) is 11.8 Å². The molecule has 1 amide bonds. The molecule has 1 N–H and O–H groups in total. The van der Waals surface area contributed by atoms with Gasteiger partial charge in [-0.3, -0.25) is 4.79 Å². The molecule has 1 aromatic heterocycles. The summed E-state index contributed by atoms with van der Waals surface area (Å²) in [5.41, 5.74) is 3.00. The Morgan fingerprint density at radius 2 is 1.83 bits per heavy atom. The van der Waals surface area contributed by atoms with Crippen LogP contribution in [-0.2, 0) is 14.8 Å². The van der Waals surface area contributed by atoms with Crippen molar-refractivity contribution < 1.29 is 13.2 Å². The second-order valence-corrected chi connectivity index (χ2v) is 10.3. The molecule has 3 rings (SSSR count). The van der Waals surface area contributed by atoms with E-state index >= 15 is 0 Å². The predicted molar refractivity (Wildman–Crippen MR) is 117 cm³/mol. The molecular weight excluding hydrogens is 406 g/mol. The van der Waals surface area contributed by atoms with E-state index in [0.717, 1.165) is 46.9 Å². The zero-order chi connectivity index (χ0) is 20.9. The van der Waals surface area contributed by atoms with Crippen LogP contribution in [0.5, 0.6) is 0 Å². The van der Waals surface area contributed by atoms with Crippen LogP contribution in [-0.4, -0.2) is 42.5 Å². The highest BCUT2D eigenvalue weighted by molar-refractivity contribution is 7.99. The number of sulfonamides is 1. The van der Waals surface area contributed by atoms with Crippen LogP contribution in [0.4, 0.5) is 5.69 Å². The maximum atomic E-state index is 12.5. The minimum absolute atomic E-state index is 0.00279. The predicted octanol–water partition coefficient (Wildman–Crippen LogP) is 3.99. The molecule has 0 bridgehead atoms. The molecule has 6 nitrogen and oxygen atoms in total. The third-order valence-corrected chi connectivity index (χ3v) is 7.87. The van der Waals surface area contributed by atoms with Crippen LogP contribution in [0.15, 0.2) is 46.5 Å². The number of thioether (sulfide) groups is 1. The first-order valence-electron chi connectivity index (χ1n) is 9.83. The van der Waals surface area contributed by atoms with Gasteiger partial charge in [0.1, 0.15) is 4.90 Å². The number of carbonyl (C=O) groups is 1. The smallest absolute Gasteiger partial charge is 0.244 e. The molecule has 8 heteroatoms. The quantitative estimate of drug-likeness (QED) is 0.503. The number of benzene rings is 1. The Hall–Kier alpha value is -1.90. The Labute approximate surface area is 177 Å². The second-order valence-electron chi connectivity index (χ2n) is 7.21. The van der Waals surface area contributed by atoms with Crippen molar-refractivity contribution in [3.05, 3.63) is 47.7 Å². The Balaban J connectivity index is 1.45. The molecule has 1 fully saturated rings. The molecule has 0 unspecified atom stereocenters. The monoisotopic (exact) mass is 433 g/mol. The molecule has 1 aromatic carbocycles. The fraction of sp³-hybridized carbons (Fsp3) is 0.429. The molecule has 29 heavy (non-hydrogen) atoms. The molecule has 156 valence electrons. The van der Waals surface area contributed by atoms with Gasteiger partial charge in [0.2, 0.25) is 15.9 Å². The summed E-state index contributed by atoms with van der Waals surface area (Å²) in [6, 6.07) is 9.31. The van der Waals surface area contributed by atoms with Crippen molar-refractivity contribution in [3.8, 4) is 0 Å². The van der Waals surface area contributed by atoms with Gasteiger partial charge in [-0.05, 0) is 62.1 Å². The van der Waals surface area contributed by atoms with E-state index < -0.39 is 10.0 Å². The average Bonchev–Trinajstić information content (AvgIpc) is 3.24. The summed E-state index contributed by atoms with van der Waals surface area (Å²) in [6.45, 7) is 5.14. The number of nitrogens with zero attached hydrogens (tertiary/aromatic N) is 2. The maximum Gasteiger partial charge on any atom is 0.244 e. The number of rotatable bonds is 8. The van der Waals surface area contributed by atoms with Crippen LogP contribution in [0.25, 0.3) is 0 Å². The van der Waals surface area contributed by atoms with Crippen molar-refractivity contribution in [2.45, 2.75) is 49.5 Å². The first-order valence-corrected chi connectivity index (χ1v) is 12.3. The molecule has 0 aliphatic carbocycles. The molecule has 2 aromatic rings. The van der Waals surface area contributed by atoms with Gasteiger partial charge in [0.25, 0.3) is 0 Å². The van der Waals surface area contributed by atoms with E-state index in [9.17, 15) is 13.2 Å². The van der Waals surface area contributed by atoms with E-state index in [1.807, 2.05) is 32.0 Å². The van der Waals surface area contributed by atoms with E-state index in [1.54, 1.807) is 12.1 Å². The molecule has 0 saturated carbocycles. The summed E-state index contributed by atoms with van der Waals surface area (Å²) in [5.74, 6) is 0.744. The minimum Gasteiger partial charge on any atom is -0.326 e. The van der Waals surface area contributed by atoms with E-state index in [2.05, 4.69) is 10.3 Å². The molecule has 2 heterocycles. The fourth-order valence-electron chi connectivity index (χ4n) is 3.31. The summed E-state index contributed by atoms with van der Waals surface area (Å²) in [7, 11) is -3.42. The van der Waals surface area contributed by atoms with Crippen molar-refractivity contribution >= 4 is 33.4 Å². The molecular formula is C21H27N3O3S2. The Morgan fingerprint density at radius 3 is 2.45 bits per heavy atom. The SMILES string of the molecule is Cc1cccc(C)c1NC(=O)CCCSc1ccc(S(=O)(=O)N2CCCC2)cn1. The molecule has 0 atom stereocenters.